The highest BCUT2D eigenvalue weighted by atomic mass is 16.2. The van der Waals surface area contributed by atoms with Gasteiger partial charge >= 0.3 is 0 Å². The first-order valence-corrected chi connectivity index (χ1v) is 8.85. The molecule has 2 N–H and O–H groups in total. The number of nitrogens with zero attached hydrogens (tertiary/aromatic N) is 1. The van der Waals surface area contributed by atoms with Crippen molar-refractivity contribution < 1.29 is 4.79 Å². The lowest BCUT2D eigenvalue weighted by Crippen LogP contribution is -2.09. The molecule has 0 saturated heterocycles. The van der Waals surface area contributed by atoms with E-state index in [2.05, 4.69) is 33.5 Å². The van der Waals surface area contributed by atoms with E-state index in [0.717, 1.165) is 23.4 Å². The van der Waals surface area contributed by atoms with Gasteiger partial charge < -0.3 is 10.6 Å². The van der Waals surface area contributed by atoms with Gasteiger partial charge in [-0.3, -0.25) is 9.78 Å². The molecule has 0 aliphatic carbocycles. The normalized spacial score (nSPS) is 14.7. The van der Waals surface area contributed by atoms with Crippen molar-refractivity contribution in [2.75, 3.05) is 10.6 Å². The molecule has 1 unspecified atom stereocenters. The summed E-state index contributed by atoms with van der Waals surface area (Å²) < 4.78 is 0. The van der Waals surface area contributed by atoms with Crippen LogP contribution < -0.4 is 10.6 Å². The van der Waals surface area contributed by atoms with E-state index < -0.39 is 0 Å². The molecule has 2 aromatic carbocycles. The van der Waals surface area contributed by atoms with Crippen LogP contribution in [0.15, 0.2) is 91.1 Å². The number of hydrogen-bond acceptors (Lipinski definition) is 3. The van der Waals surface area contributed by atoms with Gasteiger partial charge in [-0.25, -0.2) is 0 Å². The Morgan fingerprint density at radius 1 is 1.00 bits per heavy atom. The summed E-state index contributed by atoms with van der Waals surface area (Å²) in [5, 5.41) is 6.07. The molecule has 0 radical (unpaired) electrons. The summed E-state index contributed by atoms with van der Waals surface area (Å²) >= 11 is 0. The third-order valence-electron chi connectivity index (χ3n) is 4.53. The highest BCUT2D eigenvalue weighted by Crippen LogP contribution is 2.32. The quantitative estimate of drug-likeness (QED) is 0.665. The Bertz CT molecular complexity index is 1000. The number of benzene rings is 2. The summed E-state index contributed by atoms with van der Waals surface area (Å²) in [7, 11) is 0. The standard InChI is InChI=1S/C23H19N3O/c27-23-21(20-4-1-2-6-22(20)26-23)5-3-13-25-19-9-7-17(8-10-19)16-18-11-14-24-15-12-18/h1-2,4-15,21,25H,16H2,(H,26,27). The molecule has 1 aliphatic rings. The Hall–Kier alpha value is -3.62. The molecule has 4 rings (SSSR count). The van der Waals surface area contributed by atoms with Crippen molar-refractivity contribution in [3.8, 4) is 0 Å². The van der Waals surface area contributed by atoms with Gasteiger partial charge in [0.05, 0.1) is 5.92 Å². The van der Waals surface area contributed by atoms with E-state index in [1.54, 1.807) is 12.3 Å². The van der Waals surface area contributed by atoms with Gasteiger partial charge in [-0.05, 0) is 59.5 Å². The maximum absolute atomic E-state index is 12.1. The monoisotopic (exact) mass is 353 g/mol. The second-order valence-electron chi connectivity index (χ2n) is 6.41. The van der Waals surface area contributed by atoms with E-state index in [0.29, 0.717) is 0 Å². The van der Waals surface area contributed by atoms with Crippen LogP contribution >= 0.6 is 0 Å². The number of nitrogens with one attached hydrogen (secondary N) is 2. The molecule has 2 heterocycles. The van der Waals surface area contributed by atoms with E-state index in [1.807, 2.05) is 60.9 Å². The molecule has 1 atom stereocenters. The molecule has 0 saturated carbocycles. The summed E-state index contributed by atoms with van der Waals surface area (Å²) in [5.41, 5.74) is 8.40. The molecule has 0 spiro atoms. The average molecular weight is 353 g/mol. The van der Waals surface area contributed by atoms with Crippen LogP contribution in [-0.4, -0.2) is 10.9 Å². The Kier molecular flexibility index (Phi) is 4.82. The summed E-state index contributed by atoms with van der Waals surface area (Å²) in [5.74, 6) is -0.306. The fourth-order valence-corrected chi connectivity index (χ4v) is 3.12. The van der Waals surface area contributed by atoms with Crippen molar-refractivity contribution in [2.24, 2.45) is 0 Å². The van der Waals surface area contributed by atoms with Gasteiger partial charge in [-0.15, -0.1) is 5.73 Å². The second-order valence-corrected chi connectivity index (χ2v) is 6.41. The molecule has 3 aromatic rings. The topological polar surface area (TPSA) is 54.0 Å². The first-order chi connectivity index (χ1) is 13.3. The van der Waals surface area contributed by atoms with Gasteiger partial charge in [0, 0.05) is 30.0 Å². The molecule has 1 aliphatic heterocycles. The Morgan fingerprint density at radius 2 is 1.74 bits per heavy atom. The fourth-order valence-electron chi connectivity index (χ4n) is 3.12. The van der Waals surface area contributed by atoms with Gasteiger partial charge in [0.15, 0.2) is 0 Å². The largest absolute Gasteiger partial charge is 0.355 e. The van der Waals surface area contributed by atoms with Gasteiger partial charge in [0.2, 0.25) is 5.91 Å². The van der Waals surface area contributed by atoms with Crippen molar-refractivity contribution in [3.05, 3.63) is 108 Å². The van der Waals surface area contributed by atoms with E-state index in [9.17, 15) is 4.79 Å². The first-order valence-electron chi connectivity index (χ1n) is 8.85. The van der Waals surface area contributed by atoms with E-state index in [1.165, 1.54) is 11.1 Å². The number of pyridine rings is 1. The molecule has 0 fully saturated rings. The van der Waals surface area contributed by atoms with Crippen molar-refractivity contribution >= 4 is 17.3 Å². The lowest BCUT2D eigenvalue weighted by atomic mass is 10.0. The molecular weight excluding hydrogens is 334 g/mol. The predicted octanol–water partition coefficient (Wildman–Crippen LogP) is 4.49. The highest BCUT2D eigenvalue weighted by molar-refractivity contribution is 6.04. The minimum absolute atomic E-state index is 0.0161. The SMILES string of the molecule is O=C1Nc2ccccc2C1C=C=CNc1ccc(Cc2ccncc2)cc1. The number of aromatic nitrogens is 1. The zero-order chi connectivity index (χ0) is 18.5. The number of carbonyl (C=O) groups excluding carboxylic acids is 1. The number of fused-ring (bicyclic) bond motifs is 1. The lowest BCUT2D eigenvalue weighted by molar-refractivity contribution is -0.116. The zero-order valence-corrected chi connectivity index (χ0v) is 14.7. The molecule has 1 amide bonds. The minimum Gasteiger partial charge on any atom is -0.355 e. The van der Waals surface area contributed by atoms with Crippen LogP contribution in [0.1, 0.15) is 22.6 Å². The van der Waals surface area contributed by atoms with Crippen LogP contribution in [0, 0.1) is 0 Å². The average Bonchev–Trinajstić information content (AvgIpc) is 3.02. The van der Waals surface area contributed by atoms with Crippen LogP contribution in [0.5, 0.6) is 0 Å². The maximum Gasteiger partial charge on any atom is 0.236 e. The summed E-state index contributed by atoms with van der Waals surface area (Å²) in [6.45, 7) is 0. The first kappa shape index (κ1) is 16.8. The summed E-state index contributed by atoms with van der Waals surface area (Å²) in [6, 6.07) is 20.0. The van der Waals surface area contributed by atoms with E-state index in [-0.39, 0.29) is 11.8 Å². The number of para-hydroxylation sites is 1. The Morgan fingerprint density at radius 3 is 2.56 bits per heavy atom. The number of anilines is 2. The maximum atomic E-state index is 12.1. The van der Waals surface area contributed by atoms with Crippen molar-refractivity contribution in [3.63, 3.8) is 0 Å². The molecule has 0 bridgehead atoms. The molecule has 4 nitrogen and oxygen atoms in total. The Labute approximate surface area is 158 Å². The van der Waals surface area contributed by atoms with Crippen molar-refractivity contribution in [1.29, 1.82) is 0 Å². The molecular formula is C23H19N3O. The zero-order valence-electron chi connectivity index (χ0n) is 14.7. The summed E-state index contributed by atoms with van der Waals surface area (Å²) in [4.78, 5) is 16.1. The van der Waals surface area contributed by atoms with Crippen LogP contribution in [0.25, 0.3) is 0 Å². The van der Waals surface area contributed by atoms with Gasteiger partial charge in [0.25, 0.3) is 0 Å². The van der Waals surface area contributed by atoms with Gasteiger partial charge in [0.1, 0.15) is 0 Å². The molecule has 27 heavy (non-hydrogen) atoms. The fraction of sp³-hybridized carbons (Fsp3) is 0.0870. The van der Waals surface area contributed by atoms with Gasteiger partial charge in [-0.1, -0.05) is 30.3 Å². The minimum atomic E-state index is -0.290. The van der Waals surface area contributed by atoms with Crippen LogP contribution in [0.3, 0.4) is 0 Å². The van der Waals surface area contributed by atoms with Crippen molar-refractivity contribution in [1.82, 2.24) is 4.98 Å². The van der Waals surface area contributed by atoms with E-state index >= 15 is 0 Å². The predicted molar refractivity (Wildman–Crippen MR) is 108 cm³/mol. The number of carbonyl (C=O) groups is 1. The highest BCUT2D eigenvalue weighted by Gasteiger charge is 2.27. The number of rotatable bonds is 5. The van der Waals surface area contributed by atoms with E-state index in [4.69, 9.17) is 0 Å². The third-order valence-corrected chi connectivity index (χ3v) is 4.53. The number of hydrogen-bond donors (Lipinski definition) is 2. The van der Waals surface area contributed by atoms with Crippen LogP contribution in [0.2, 0.25) is 0 Å². The Balaban J connectivity index is 1.39. The molecule has 132 valence electrons. The van der Waals surface area contributed by atoms with Crippen LogP contribution in [-0.2, 0) is 11.2 Å². The van der Waals surface area contributed by atoms with Crippen molar-refractivity contribution in [2.45, 2.75) is 12.3 Å². The third kappa shape index (κ3) is 3.97. The van der Waals surface area contributed by atoms with Crippen LogP contribution in [0.4, 0.5) is 11.4 Å². The second kappa shape index (κ2) is 7.73. The smallest absolute Gasteiger partial charge is 0.236 e. The van der Waals surface area contributed by atoms with Gasteiger partial charge in [-0.2, -0.15) is 0 Å². The molecule has 4 heteroatoms. The lowest BCUT2D eigenvalue weighted by Gasteiger charge is -2.04. The number of amides is 1. The summed E-state index contributed by atoms with van der Waals surface area (Å²) in [6.07, 6.45) is 8.02. The molecule has 1 aromatic heterocycles.